The maximum absolute atomic E-state index is 5.82. The van der Waals surface area contributed by atoms with E-state index in [2.05, 4.69) is 15.9 Å². The zero-order chi connectivity index (χ0) is 13.0. The molecule has 4 heteroatoms. The van der Waals surface area contributed by atoms with Gasteiger partial charge in [-0.15, -0.1) is 0 Å². The maximum Gasteiger partial charge on any atom is 0.141 e. The highest BCUT2D eigenvalue weighted by Gasteiger charge is 2.04. The fraction of sp³-hybridized carbons (Fsp3) is 0.143. The Balaban J connectivity index is 2.16. The summed E-state index contributed by atoms with van der Waals surface area (Å²) in [6, 6.07) is 13.2. The van der Waals surface area contributed by atoms with Crippen molar-refractivity contribution >= 4 is 27.5 Å². The van der Waals surface area contributed by atoms with E-state index in [4.69, 9.17) is 22.1 Å². The molecule has 2 aromatic rings. The third-order valence-electron chi connectivity index (χ3n) is 2.47. The molecule has 0 bridgehead atoms. The van der Waals surface area contributed by atoms with Gasteiger partial charge >= 0.3 is 0 Å². The average Bonchev–Trinajstić information content (AvgIpc) is 2.36. The number of halogens is 2. The third kappa shape index (κ3) is 3.48. The third-order valence-corrected chi connectivity index (χ3v) is 3.34. The second kappa shape index (κ2) is 6.23. The molecule has 0 aliphatic heterocycles. The molecular weight excluding hydrogens is 314 g/mol. The Kier molecular flexibility index (Phi) is 4.64. The Labute approximate surface area is 120 Å². The molecule has 0 aliphatic carbocycles. The minimum atomic E-state index is 0.643. The lowest BCUT2D eigenvalue weighted by molar-refractivity contribution is 0.479. The van der Waals surface area contributed by atoms with E-state index in [0.717, 1.165) is 22.4 Å². The van der Waals surface area contributed by atoms with Crippen molar-refractivity contribution in [3.05, 3.63) is 57.5 Å². The summed E-state index contributed by atoms with van der Waals surface area (Å²) < 4.78 is 6.68. The summed E-state index contributed by atoms with van der Waals surface area (Å²) in [5.41, 5.74) is 6.72. The molecule has 2 nitrogen and oxygen atoms in total. The molecule has 0 aromatic heterocycles. The van der Waals surface area contributed by atoms with E-state index in [9.17, 15) is 0 Å². The van der Waals surface area contributed by atoms with Gasteiger partial charge in [-0.05, 0) is 70.9 Å². The summed E-state index contributed by atoms with van der Waals surface area (Å²) in [5.74, 6) is 1.53. The van der Waals surface area contributed by atoms with Gasteiger partial charge in [-0.3, -0.25) is 0 Å². The van der Waals surface area contributed by atoms with E-state index in [-0.39, 0.29) is 0 Å². The molecule has 0 spiro atoms. The first-order valence-electron chi connectivity index (χ1n) is 5.61. The van der Waals surface area contributed by atoms with Gasteiger partial charge in [-0.25, -0.2) is 0 Å². The van der Waals surface area contributed by atoms with Crippen molar-refractivity contribution in [3.63, 3.8) is 0 Å². The molecule has 0 atom stereocenters. The van der Waals surface area contributed by atoms with Gasteiger partial charge in [0.15, 0.2) is 0 Å². The molecule has 0 aliphatic rings. The molecule has 2 aromatic carbocycles. The van der Waals surface area contributed by atoms with Crippen molar-refractivity contribution in [2.75, 3.05) is 6.54 Å². The quantitative estimate of drug-likeness (QED) is 0.904. The van der Waals surface area contributed by atoms with E-state index in [1.54, 1.807) is 12.1 Å². The van der Waals surface area contributed by atoms with Gasteiger partial charge in [0, 0.05) is 5.02 Å². The first kappa shape index (κ1) is 13.4. The van der Waals surface area contributed by atoms with Crippen molar-refractivity contribution in [2.45, 2.75) is 6.42 Å². The Morgan fingerprint density at radius 2 is 1.83 bits per heavy atom. The first-order chi connectivity index (χ1) is 8.69. The maximum atomic E-state index is 5.82. The van der Waals surface area contributed by atoms with Crippen LogP contribution in [0.25, 0.3) is 0 Å². The van der Waals surface area contributed by atoms with E-state index in [1.807, 2.05) is 30.3 Å². The van der Waals surface area contributed by atoms with E-state index in [0.29, 0.717) is 11.6 Å². The SMILES string of the molecule is NCCc1ccc(Oc2ccc(Cl)cc2)c(Br)c1. The monoisotopic (exact) mass is 325 g/mol. The molecule has 2 N–H and O–H groups in total. The van der Waals surface area contributed by atoms with Crippen molar-refractivity contribution < 1.29 is 4.74 Å². The van der Waals surface area contributed by atoms with Gasteiger partial charge in [0.1, 0.15) is 11.5 Å². The van der Waals surface area contributed by atoms with Crippen molar-refractivity contribution in [1.29, 1.82) is 0 Å². The van der Waals surface area contributed by atoms with Crippen LogP contribution in [0.3, 0.4) is 0 Å². The number of nitrogens with two attached hydrogens (primary N) is 1. The fourth-order valence-electron chi connectivity index (χ4n) is 1.58. The molecule has 0 unspecified atom stereocenters. The number of ether oxygens (including phenoxy) is 1. The molecule has 0 amide bonds. The van der Waals surface area contributed by atoms with Crippen LogP contribution in [-0.4, -0.2) is 6.54 Å². The highest BCUT2D eigenvalue weighted by molar-refractivity contribution is 9.10. The summed E-state index contributed by atoms with van der Waals surface area (Å²) in [6.07, 6.45) is 0.861. The van der Waals surface area contributed by atoms with Gasteiger partial charge in [0.05, 0.1) is 4.47 Å². The summed E-state index contributed by atoms with van der Waals surface area (Å²) >= 11 is 9.32. The van der Waals surface area contributed by atoms with Crippen LogP contribution in [0.2, 0.25) is 5.02 Å². The number of hydrogen-bond acceptors (Lipinski definition) is 2. The molecule has 0 fully saturated rings. The van der Waals surface area contributed by atoms with Crippen LogP contribution in [0.4, 0.5) is 0 Å². The highest BCUT2D eigenvalue weighted by Crippen LogP contribution is 2.31. The lowest BCUT2D eigenvalue weighted by Crippen LogP contribution is -2.02. The van der Waals surface area contributed by atoms with Crippen molar-refractivity contribution in [1.82, 2.24) is 0 Å². The zero-order valence-corrected chi connectivity index (χ0v) is 12.0. The smallest absolute Gasteiger partial charge is 0.141 e. The zero-order valence-electron chi connectivity index (χ0n) is 9.70. The van der Waals surface area contributed by atoms with E-state index in [1.165, 1.54) is 5.56 Å². The van der Waals surface area contributed by atoms with E-state index >= 15 is 0 Å². The van der Waals surface area contributed by atoms with Crippen LogP contribution in [0.15, 0.2) is 46.9 Å². The first-order valence-corrected chi connectivity index (χ1v) is 6.78. The van der Waals surface area contributed by atoms with Gasteiger partial charge in [0.2, 0.25) is 0 Å². The minimum Gasteiger partial charge on any atom is -0.456 e. The second-order valence-corrected chi connectivity index (χ2v) is 5.15. The van der Waals surface area contributed by atoms with E-state index < -0.39 is 0 Å². The normalized spacial score (nSPS) is 10.4. The van der Waals surface area contributed by atoms with Crippen molar-refractivity contribution in [2.24, 2.45) is 5.73 Å². The van der Waals surface area contributed by atoms with Crippen LogP contribution in [0.5, 0.6) is 11.5 Å². The van der Waals surface area contributed by atoms with Gasteiger partial charge in [-0.1, -0.05) is 17.7 Å². The topological polar surface area (TPSA) is 35.2 Å². The Morgan fingerprint density at radius 1 is 1.11 bits per heavy atom. The van der Waals surface area contributed by atoms with Crippen LogP contribution in [0, 0.1) is 0 Å². The number of hydrogen-bond donors (Lipinski definition) is 1. The summed E-state index contributed by atoms with van der Waals surface area (Å²) in [6.45, 7) is 0.643. The number of benzene rings is 2. The molecule has 18 heavy (non-hydrogen) atoms. The number of rotatable bonds is 4. The Morgan fingerprint density at radius 3 is 2.44 bits per heavy atom. The average molecular weight is 327 g/mol. The lowest BCUT2D eigenvalue weighted by Gasteiger charge is -2.09. The molecule has 0 saturated carbocycles. The summed E-state index contributed by atoms with van der Waals surface area (Å²) in [7, 11) is 0. The molecule has 94 valence electrons. The van der Waals surface area contributed by atoms with Crippen LogP contribution >= 0.6 is 27.5 Å². The molecule has 0 heterocycles. The molecular formula is C14H13BrClNO. The predicted octanol–water partition coefficient (Wildman–Crippen LogP) is 4.40. The minimum absolute atomic E-state index is 0.643. The Bertz CT molecular complexity index is 528. The highest BCUT2D eigenvalue weighted by atomic mass is 79.9. The molecule has 2 rings (SSSR count). The standard InChI is InChI=1S/C14H13BrClNO/c15-13-9-10(7-8-17)1-6-14(13)18-12-4-2-11(16)3-5-12/h1-6,9H,7-8,17H2. The largest absolute Gasteiger partial charge is 0.456 e. The predicted molar refractivity (Wildman–Crippen MR) is 78.4 cm³/mol. The van der Waals surface area contributed by atoms with Crippen LogP contribution in [0.1, 0.15) is 5.56 Å². The summed E-state index contributed by atoms with van der Waals surface area (Å²) in [5, 5.41) is 0.694. The molecule has 0 radical (unpaired) electrons. The van der Waals surface area contributed by atoms with Gasteiger partial charge in [0.25, 0.3) is 0 Å². The van der Waals surface area contributed by atoms with Gasteiger partial charge in [-0.2, -0.15) is 0 Å². The van der Waals surface area contributed by atoms with Gasteiger partial charge < -0.3 is 10.5 Å². The fourth-order valence-corrected chi connectivity index (χ4v) is 2.21. The molecule has 0 saturated heterocycles. The second-order valence-electron chi connectivity index (χ2n) is 3.86. The Hall–Kier alpha value is -1.03. The summed E-state index contributed by atoms with van der Waals surface area (Å²) in [4.78, 5) is 0. The van der Waals surface area contributed by atoms with Crippen LogP contribution in [-0.2, 0) is 6.42 Å². The van der Waals surface area contributed by atoms with Crippen molar-refractivity contribution in [3.8, 4) is 11.5 Å². The van der Waals surface area contributed by atoms with Crippen LogP contribution < -0.4 is 10.5 Å². The lowest BCUT2D eigenvalue weighted by atomic mass is 10.1.